The Morgan fingerprint density at radius 2 is 2.18 bits per heavy atom. The van der Waals surface area contributed by atoms with Crippen molar-refractivity contribution >= 4 is 27.7 Å². The van der Waals surface area contributed by atoms with Gasteiger partial charge in [-0.05, 0) is 19.1 Å². The quantitative estimate of drug-likeness (QED) is 0.666. The van der Waals surface area contributed by atoms with Crippen molar-refractivity contribution in [3.05, 3.63) is 34.3 Å². The molecular formula is C12H14BrNO3. The number of carbonyl (C=O) groups is 2. The predicted molar refractivity (Wildman–Crippen MR) is 67.7 cm³/mol. The standard InChI is InChI=1S/C12H14BrNO3/c1-2-17-12(16)10(14)7-11(15)8-4-3-5-9(13)6-8/h3-6,10H,2,7,14H2,1H3. The van der Waals surface area contributed by atoms with Crippen LogP contribution in [-0.4, -0.2) is 24.4 Å². The van der Waals surface area contributed by atoms with E-state index >= 15 is 0 Å². The van der Waals surface area contributed by atoms with Gasteiger partial charge < -0.3 is 10.5 Å². The zero-order valence-corrected chi connectivity index (χ0v) is 11.1. The van der Waals surface area contributed by atoms with Crippen LogP contribution in [0.1, 0.15) is 23.7 Å². The molecule has 1 aromatic carbocycles. The van der Waals surface area contributed by atoms with Crippen LogP contribution in [-0.2, 0) is 9.53 Å². The fraction of sp³-hybridized carbons (Fsp3) is 0.333. The number of rotatable bonds is 5. The molecule has 5 heteroatoms. The normalized spacial score (nSPS) is 11.9. The molecule has 0 aromatic heterocycles. The number of ketones is 1. The highest BCUT2D eigenvalue weighted by molar-refractivity contribution is 9.10. The van der Waals surface area contributed by atoms with Gasteiger partial charge in [0.2, 0.25) is 0 Å². The molecule has 0 radical (unpaired) electrons. The van der Waals surface area contributed by atoms with Gasteiger partial charge in [-0.25, -0.2) is 0 Å². The summed E-state index contributed by atoms with van der Waals surface area (Å²) in [6.07, 6.45) is -0.0463. The van der Waals surface area contributed by atoms with Crippen LogP contribution in [0.15, 0.2) is 28.7 Å². The zero-order chi connectivity index (χ0) is 12.8. The van der Waals surface area contributed by atoms with Crippen LogP contribution in [0.4, 0.5) is 0 Å². The first-order chi connectivity index (χ1) is 8.04. The van der Waals surface area contributed by atoms with Gasteiger partial charge in [-0.1, -0.05) is 28.1 Å². The van der Waals surface area contributed by atoms with Crippen molar-refractivity contribution in [2.24, 2.45) is 5.73 Å². The Labute approximate surface area is 108 Å². The second kappa shape index (κ2) is 6.51. The highest BCUT2D eigenvalue weighted by Gasteiger charge is 2.19. The lowest BCUT2D eigenvalue weighted by Crippen LogP contribution is -2.34. The molecule has 4 nitrogen and oxygen atoms in total. The fourth-order valence-electron chi connectivity index (χ4n) is 1.31. The van der Waals surface area contributed by atoms with Crippen LogP contribution in [0, 0.1) is 0 Å². The molecule has 1 atom stereocenters. The first-order valence-corrected chi connectivity index (χ1v) is 6.05. The van der Waals surface area contributed by atoms with E-state index in [0.29, 0.717) is 5.56 Å². The van der Waals surface area contributed by atoms with Crippen molar-refractivity contribution in [3.8, 4) is 0 Å². The summed E-state index contributed by atoms with van der Waals surface area (Å²) in [6.45, 7) is 1.96. The molecule has 0 saturated carbocycles. The molecule has 0 amide bonds. The van der Waals surface area contributed by atoms with Crippen molar-refractivity contribution in [1.29, 1.82) is 0 Å². The Kier molecular flexibility index (Phi) is 5.31. The van der Waals surface area contributed by atoms with Crippen LogP contribution in [0.25, 0.3) is 0 Å². The summed E-state index contributed by atoms with van der Waals surface area (Å²) in [5.74, 6) is -0.720. The van der Waals surface area contributed by atoms with E-state index < -0.39 is 12.0 Å². The number of ether oxygens (including phenoxy) is 1. The molecule has 0 aliphatic rings. The molecule has 0 bridgehead atoms. The SMILES string of the molecule is CCOC(=O)C(N)CC(=O)c1cccc(Br)c1. The molecular weight excluding hydrogens is 286 g/mol. The van der Waals surface area contributed by atoms with Gasteiger partial charge >= 0.3 is 5.97 Å². The van der Waals surface area contributed by atoms with E-state index in [0.717, 1.165) is 4.47 Å². The van der Waals surface area contributed by atoms with Gasteiger partial charge in [-0.15, -0.1) is 0 Å². The smallest absolute Gasteiger partial charge is 0.323 e. The van der Waals surface area contributed by atoms with E-state index in [9.17, 15) is 9.59 Å². The van der Waals surface area contributed by atoms with Gasteiger partial charge in [-0.3, -0.25) is 9.59 Å². The number of Topliss-reactive ketones (excluding diaryl/α,β-unsaturated/α-hetero) is 1. The Balaban J connectivity index is 2.63. The Morgan fingerprint density at radius 1 is 1.47 bits per heavy atom. The number of nitrogens with two attached hydrogens (primary N) is 1. The largest absolute Gasteiger partial charge is 0.465 e. The molecule has 1 aromatic rings. The maximum absolute atomic E-state index is 11.8. The van der Waals surface area contributed by atoms with Crippen molar-refractivity contribution in [2.45, 2.75) is 19.4 Å². The predicted octanol–water partition coefficient (Wildman–Crippen LogP) is 1.91. The molecule has 0 aliphatic heterocycles. The van der Waals surface area contributed by atoms with Crippen molar-refractivity contribution in [3.63, 3.8) is 0 Å². The monoisotopic (exact) mass is 299 g/mol. The molecule has 2 N–H and O–H groups in total. The van der Waals surface area contributed by atoms with Gasteiger partial charge in [0.25, 0.3) is 0 Å². The summed E-state index contributed by atoms with van der Waals surface area (Å²) < 4.78 is 5.55. The minimum absolute atomic E-state index is 0.0463. The minimum atomic E-state index is -0.901. The minimum Gasteiger partial charge on any atom is -0.465 e. The van der Waals surface area contributed by atoms with E-state index in [1.807, 2.05) is 6.07 Å². The summed E-state index contributed by atoms with van der Waals surface area (Å²) in [5, 5.41) is 0. The molecule has 17 heavy (non-hydrogen) atoms. The third kappa shape index (κ3) is 4.28. The Bertz CT molecular complexity index is 420. The zero-order valence-electron chi connectivity index (χ0n) is 9.48. The van der Waals surface area contributed by atoms with Gasteiger partial charge in [-0.2, -0.15) is 0 Å². The van der Waals surface area contributed by atoms with E-state index in [2.05, 4.69) is 15.9 Å². The number of esters is 1. The molecule has 92 valence electrons. The lowest BCUT2D eigenvalue weighted by Gasteiger charge is -2.09. The molecule has 1 unspecified atom stereocenters. The number of hydrogen-bond donors (Lipinski definition) is 1. The van der Waals surface area contributed by atoms with Gasteiger partial charge in [0, 0.05) is 16.5 Å². The second-order valence-corrected chi connectivity index (χ2v) is 4.41. The molecule has 0 saturated heterocycles. The lowest BCUT2D eigenvalue weighted by atomic mass is 10.0. The first kappa shape index (κ1) is 13.9. The van der Waals surface area contributed by atoms with E-state index in [1.54, 1.807) is 25.1 Å². The fourth-order valence-corrected chi connectivity index (χ4v) is 1.71. The number of carbonyl (C=O) groups excluding carboxylic acids is 2. The molecule has 0 aliphatic carbocycles. The van der Waals surface area contributed by atoms with Crippen LogP contribution in [0.2, 0.25) is 0 Å². The molecule has 1 rings (SSSR count). The summed E-state index contributed by atoms with van der Waals surface area (Å²) >= 11 is 3.28. The lowest BCUT2D eigenvalue weighted by molar-refractivity contribution is -0.144. The van der Waals surface area contributed by atoms with E-state index in [-0.39, 0.29) is 18.8 Å². The summed E-state index contributed by atoms with van der Waals surface area (Å²) in [4.78, 5) is 23.1. The van der Waals surface area contributed by atoms with Crippen molar-refractivity contribution < 1.29 is 14.3 Å². The van der Waals surface area contributed by atoms with Gasteiger partial charge in [0.05, 0.1) is 6.61 Å². The van der Waals surface area contributed by atoms with Crippen LogP contribution < -0.4 is 5.73 Å². The summed E-state index contributed by atoms with van der Waals surface area (Å²) in [6, 6.07) is 6.06. The average molecular weight is 300 g/mol. The van der Waals surface area contributed by atoms with Crippen molar-refractivity contribution in [2.75, 3.05) is 6.61 Å². The van der Waals surface area contributed by atoms with Crippen molar-refractivity contribution in [1.82, 2.24) is 0 Å². The average Bonchev–Trinajstić information content (AvgIpc) is 2.29. The molecule has 0 spiro atoms. The van der Waals surface area contributed by atoms with Gasteiger partial charge in [0.1, 0.15) is 6.04 Å². The number of benzene rings is 1. The third-order valence-electron chi connectivity index (χ3n) is 2.14. The number of halogens is 1. The first-order valence-electron chi connectivity index (χ1n) is 5.25. The highest BCUT2D eigenvalue weighted by atomic mass is 79.9. The summed E-state index contributed by atoms with van der Waals surface area (Å²) in [5.41, 5.74) is 6.10. The van der Waals surface area contributed by atoms with E-state index in [1.165, 1.54) is 0 Å². The van der Waals surface area contributed by atoms with Crippen LogP contribution >= 0.6 is 15.9 Å². The topological polar surface area (TPSA) is 69.4 Å². The van der Waals surface area contributed by atoms with Gasteiger partial charge in [0.15, 0.2) is 5.78 Å². The molecule has 0 fully saturated rings. The Morgan fingerprint density at radius 3 is 2.76 bits per heavy atom. The van der Waals surface area contributed by atoms with E-state index in [4.69, 9.17) is 10.5 Å². The van der Waals surface area contributed by atoms with Crippen LogP contribution in [0.3, 0.4) is 0 Å². The third-order valence-corrected chi connectivity index (χ3v) is 2.63. The number of hydrogen-bond acceptors (Lipinski definition) is 4. The highest BCUT2D eigenvalue weighted by Crippen LogP contribution is 2.13. The summed E-state index contributed by atoms with van der Waals surface area (Å²) in [7, 11) is 0. The maximum Gasteiger partial charge on any atom is 0.323 e. The Hall–Kier alpha value is -1.20. The maximum atomic E-state index is 11.8. The molecule has 0 heterocycles. The van der Waals surface area contributed by atoms with Crippen LogP contribution in [0.5, 0.6) is 0 Å². The second-order valence-electron chi connectivity index (χ2n) is 3.50.